The lowest BCUT2D eigenvalue weighted by molar-refractivity contribution is 0.0985. The van der Waals surface area contributed by atoms with E-state index < -0.39 is 0 Å². The Hall–Kier alpha value is -2.73. The lowest BCUT2D eigenvalue weighted by Gasteiger charge is -2.23. The minimum atomic E-state index is -0.145. The van der Waals surface area contributed by atoms with Crippen LogP contribution >= 0.6 is 34.5 Å². The van der Waals surface area contributed by atoms with Crippen LogP contribution in [0.5, 0.6) is 0 Å². The van der Waals surface area contributed by atoms with Crippen LogP contribution < -0.4 is 10.3 Å². The maximum atomic E-state index is 13.5. The highest BCUT2D eigenvalue weighted by molar-refractivity contribution is 7.14. The minimum absolute atomic E-state index is 0.145. The molecule has 0 atom stereocenters. The molecule has 1 aliphatic heterocycles. The standard InChI is InChI=1S/C22H15Cl2N3OS/c23-18-10-14(15-11-21(24)29-13-15)7-8-17(18)22(28)26-12-16-4-3-9-27(16)25-19-5-1-2-6-20(19)26/h1-11,13,25H,12H2. The second kappa shape index (κ2) is 7.26. The van der Waals surface area contributed by atoms with Crippen LogP contribution in [0.2, 0.25) is 9.36 Å². The van der Waals surface area contributed by atoms with Crippen LogP contribution in [0, 0.1) is 0 Å². The fourth-order valence-electron chi connectivity index (χ4n) is 3.49. The van der Waals surface area contributed by atoms with Crippen LogP contribution in [0.4, 0.5) is 11.4 Å². The lowest BCUT2D eigenvalue weighted by Crippen LogP contribution is -2.30. The molecule has 29 heavy (non-hydrogen) atoms. The number of nitrogens with one attached hydrogen (secondary N) is 1. The zero-order valence-corrected chi connectivity index (χ0v) is 17.4. The number of hydrogen-bond donors (Lipinski definition) is 1. The van der Waals surface area contributed by atoms with Crippen molar-refractivity contribution in [3.05, 3.63) is 92.9 Å². The Kier molecular flexibility index (Phi) is 4.59. The van der Waals surface area contributed by atoms with E-state index in [0.717, 1.165) is 28.2 Å². The predicted octanol–water partition coefficient (Wildman–Crippen LogP) is 6.56. The van der Waals surface area contributed by atoms with Gasteiger partial charge in [0.05, 0.1) is 38.5 Å². The summed E-state index contributed by atoms with van der Waals surface area (Å²) in [5.74, 6) is -0.145. The number of rotatable bonds is 2. The average Bonchev–Trinajstić information content (AvgIpc) is 3.32. The van der Waals surface area contributed by atoms with E-state index in [4.69, 9.17) is 23.2 Å². The quantitative estimate of drug-likeness (QED) is 0.383. The highest BCUT2D eigenvalue weighted by Gasteiger charge is 2.26. The zero-order valence-electron chi connectivity index (χ0n) is 15.1. The van der Waals surface area contributed by atoms with Crippen LogP contribution in [0.1, 0.15) is 16.1 Å². The Bertz CT molecular complexity index is 1230. The molecule has 3 heterocycles. The highest BCUT2D eigenvalue weighted by atomic mass is 35.5. The Balaban J connectivity index is 1.55. The molecule has 0 unspecified atom stereocenters. The van der Waals surface area contributed by atoms with Gasteiger partial charge >= 0.3 is 0 Å². The fraction of sp³-hybridized carbons (Fsp3) is 0.0455. The summed E-state index contributed by atoms with van der Waals surface area (Å²) < 4.78 is 2.64. The summed E-state index contributed by atoms with van der Waals surface area (Å²) in [6.45, 7) is 0.439. The number of carbonyl (C=O) groups is 1. The lowest BCUT2D eigenvalue weighted by atomic mass is 10.1. The molecule has 7 heteroatoms. The number of halogens is 2. The highest BCUT2D eigenvalue weighted by Crippen LogP contribution is 2.35. The van der Waals surface area contributed by atoms with Gasteiger partial charge in [-0.3, -0.25) is 14.9 Å². The summed E-state index contributed by atoms with van der Waals surface area (Å²) >= 11 is 14.1. The van der Waals surface area contributed by atoms with E-state index in [0.29, 0.717) is 21.5 Å². The van der Waals surface area contributed by atoms with E-state index >= 15 is 0 Å². The van der Waals surface area contributed by atoms with Crippen LogP contribution in [-0.4, -0.2) is 10.6 Å². The molecular formula is C22H15Cl2N3OS. The summed E-state index contributed by atoms with van der Waals surface area (Å²) in [6.07, 6.45) is 1.94. The van der Waals surface area contributed by atoms with Gasteiger partial charge in [-0.15, -0.1) is 11.3 Å². The van der Waals surface area contributed by atoms with E-state index in [9.17, 15) is 4.79 Å². The minimum Gasteiger partial charge on any atom is -0.300 e. The number of para-hydroxylation sites is 2. The first-order valence-electron chi connectivity index (χ1n) is 8.98. The molecular weight excluding hydrogens is 425 g/mol. The van der Waals surface area contributed by atoms with E-state index in [1.54, 1.807) is 11.0 Å². The molecule has 1 amide bonds. The number of hydrogen-bond acceptors (Lipinski definition) is 3. The first-order chi connectivity index (χ1) is 14.1. The van der Waals surface area contributed by atoms with Gasteiger partial charge in [-0.1, -0.05) is 41.4 Å². The van der Waals surface area contributed by atoms with Gasteiger partial charge in [-0.2, -0.15) is 0 Å². The van der Waals surface area contributed by atoms with Gasteiger partial charge in [0.1, 0.15) is 0 Å². The second-order valence-corrected chi connectivity index (χ2v) is 8.67. The van der Waals surface area contributed by atoms with Crippen LogP contribution in [-0.2, 0) is 6.54 Å². The van der Waals surface area contributed by atoms with Crippen molar-refractivity contribution in [2.45, 2.75) is 6.54 Å². The van der Waals surface area contributed by atoms with Crippen molar-refractivity contribution in [1.82, 2.24) is 4.68 Å². The van der Waals surface area contributed by atoms with Crippen LogP contribution in [0.3, 0.4) is 0 Å². The third kappa shape index (κ3) is 3.31. The first-order valence-corrected chi connectivity index (χ1v) is 10.6. The summed E-state index contributed by atoms with van der Waals surface area (Å²) in [4.78, 5) is 15.3. The topological polar surface area (TPSA) is 37.3 Å². The molecule has 2 aromatic heterocycles. The number of carbonyl (C=O) groups excluding carboxylic acids is 1. The van der Waals surface area contributed by atoms with Crippen molar-refractivity contribution in [1.29, 1.82) is 0 Å². The molecule has 5 rings (SSSR count). The van der Waals surface area contributed by atoms with E-state index in [1.807, 2.05) is 70.9 Å². The van der Waals surface area contributed by atoms with E-state index in [2.05, 4.69) is 5.43 Å². The summed E-state index contributed by atoms with van der Waals surface area (Å²) in [5, 5.41) is 2.39. The Morgan fingerprint density at radius 3 is 2.66 bits per heavy atom. The molecule has 4 nitrogen and oxygen atoms in total. The van der Waals surface area contributed by atoms with Gasteiger partial charge in [-0.25, -0.2) is 0 Å². The van der Waals surface area contributed by atoms with Crippen molar-refractivity contribution in [2.75, 3.05) is 10.3 Å². The third-order valence-electron chi connectivity index (χ3n) is 4.93. The Morgan fingerprint density at radius 1 is 1.00 bits per heavy atom. The SMILES string of the molecule is O=C(c1ccc(-c2csc(Cl)c2)cc1Cl)N1Cc2cccn2Nc2ccccc21. The number of nitrogens with zero attached hydrogens (tertiary/aromatic N) is 2. The molecule has 144 valence electrons. The molecule has 0 bridgehead atoms. The molecule has 0 fully saturated rings. The molecule has 0 aliphatic carbocycles. The van der Waals surface area contributed by atoms with E-state index in [-0.39, 0.29) is 5.91 Å². The smallest absolute Gasteiger partial charge is 0.260 e. The second-order valence-electron chi connectivity index (χ2n) is 6.72. The normalized spacial score (nSPS) is 12.7. The Labute approximate surface area is 181 Å². The maximum absolute atomic E-state index is 13.5. The number of amides is 1. The van der Waals surface area contributed by atoms with Crippen molar-refractivity contribution in [3.63, 3.8) is 0 Å². The summed E-state index contributed by atoms with van der Waals surface area (Å²) in [5.41, 5.74) is 8.38. The number of anilines is 2. The molecule has 4 aromatic rings. The van der Waals surface area contributed by atoms with Crippen molar-refractivity contribution >= 4 is 51.8 Å². The third-order valence-corrected chi connectivity index (χ3v) is 6.34. The van der Waals surface area contributed by atoms with Gasteiger partial charge in [0.25, 0.3) is 5.91 Å². The van der Waals surface area contributed by atoms with Gasteiger partial charge in [0, 0.05) is 11.6 Å². The van der Waals surface area contributed by atoms with Crippen molar-refractivity contribution in [2.24, 2.45) is 0 Å². The van der Waals surface area contributed by atoms with Crippen molar-refractivity contribution in [3.8, 4) is 11.1 Å². The fourth-order valence-corrected chi connectivity index (χ4v) is 4.64. The summed E-state index contributed by atoms with van der Waals surface area (Å²) in [7, 11) is 0. The number of benzene rings is 2. The molecule has 1 N–H and O–H groups in total. The maximum Gasteiger partial charge on any atom is 0.260 e. The van der Waals surface area contributed by atoms with Gasteiger partial charge < -0.3 is 4.90 Å². The average molecular weight is 440 g/mol. The summed E-state index contributed by atoms with van der Waals surface area (Å²) in [6, 6.07) is 19.1. The van der Waals surface area contributed by atoms with Crippen molar-refractivity contribution < 1.29 is 4.79 Å². The van der Waals surface area contributed by atoms with E-state index in [1.165, 1.54) is 11.3 Å². The van der Waals surface area contributed by atoms with Crippen LogP contribution in [0.15, 0.2) is 72.2 Å². The number of aromatic nitrogens is 1. The Morgan fingerprint density at radius 2 is 1.86 bits per heavy atom. The van der Waals surface area contributed by atoms with Gasteiger partial charge in [-0.05, 0) is 53.6 Å². The van der Waals surface area contributed by atoms with Gasteiger partial charge in [0.2, 0.25) is 0 Å². The molecule has 1 aliphatic rings. The number of thiophene rings is 1. The largest absolute Gasteiger partial charge is 0.300 e. The molecule has 0 radical (unpaired) electrons. The number of fused-ring (bicyclic) bond motifs is 2. The molecule has 2 aromatic carbocycles. The first kappa shape index (κ1) is 18.3. The molecule has 0 spiro atoms. The molecule has 0 saturated heterocycles. The zero-order chi connectivity index (χ0) is 20.0. The monoisotopic (exact) mass is 439 g/mol. The molecule has 0 saturated carbocycles. The van der Waals surface area contributed by atoms with Crippen LogP contribution in [0.25, 0.3) is 11.1 Å². The predicted molar refractivity (Wildman–Crippen MR) is 120 cm³/mol. The van der Waals surface area contributed by atoms with Gasteiger partial charge in [0.15, 0.2) is 0 Å².